The normalized spacial score (nSPS) is 11.4. The van der Waals surface area contributed by atoms with Crippen molar-refractivity contribution >= 4 is 21.7 Å². The van der Waals surface area contributed by atoms with E-state index >= 15 is 0 Å². The molecular formula is C28H20N2O. The Bertz CT molecular complexity index is 1530. The summed E-state index contributed by atoms with van der Waals surface area (Å²) >= 11 is 0. The molecule has 2 aromatic heterocycles. The minimum atomic E-state index is 0.808. The molecule has 0 saturated heterocycles. The number of nitrogens with zero attached hydrogens (tertiary/aromatic N) is 2. The molecule has 3 nitrogen and oxygen atoms in total. The third kappa shape index (κ3) is 2.78. The van der Waals surface area contributed by atoms with Gasteiger partial charge in [0.15, 0.2) is 0 Å². The quantitative estimate of drug-likeness (QED) is 0.309. The number of rotatable bonds is 3. The Morgan fingerprint density at radius 1 is 0.710 bits per heavy atom. The van der Waals surface area contributed by atoms with Gasteiger partial charge in [0, 0.05) is 16.6 Å². The summed E-state index contributed by atoms with van der Waals surface area (Å²) in [5, 5.41) is 8.14. The van der Waals surface area contributed by atoms with Gasteiger partial charge in [-0.1, -0.05) is 84.0 Å². The lowest BCUT2D eigenvalue weighted by Crippen LogP contribution is -1.97. The van der Waals surface area contributed by atoms with Crippen LogP contribution >= 0.6 is 0 Å². The Morgan fingerprint density at radius 2 is 1.42 bits per heavy atom. The first-order chi connectivity index (χ1) is 15.3. The highest BCUT2D eigenvalue weighted by Crippen LogP contribution is 2.40. The van der Waals surface area contributed by atoms with Crippen LogP contribution in [0.25, 0.3) is 49.9 Å². The molecule has 6 rings (SSSR count). The molecule has 0 saturated carbocycles. The Labute approximate surface area is 180 Å². The van der Waals surface area contributed by atoms with Gasteiger partial charge in [0.05, 0.1) is 16.8 Å². The van der Waals surface area contributed by atoms with E-state index in [1.165, 1.54) is 21.7 Å². The van der Waals surface area contributed by atoms with Crippen LogP contribution in [-0.2, 0) is 0 Å². The van der Waals surface area contributed by atoms with Gasteiger partial charge in [-0.15, -0.1) is 0 Å². The largest absolute Gasteiger partial charge is 0.360 e. The van der Waals surface area contributed by atoms with Gasteiger partial charge < -0.3 is 9.09 Å². The molecule has 31 heavy (non-hydrogen) atoms. The highest BCUT2D eigenvalue weighted by molar-refractivity contribution is 6.09. The van der Waals surface area contributed by atoms with Crippen LogP contribution < -0.4 is 0 Å². The molecule has 0 N–H and O–H groups in total. The molecule has 0 spiro atoms. The molecule has 0 aliphatic carbocycles. The summed E-state index contributed by atoms with van der Waals surface area (Å²) in [6.45, 7) is 1.99. The van der Waals surface area contributed by atoms with Gasteiger partial charge in [-0.05, 0) is 42.0 Å². The van der Waals surface area contributed by atoms with Crippen molar-refractivity contribution in [1.82, 2.24) is 9.72 Å². The Balaban J connectivity index is 1.74. The highest BCUT2D eigenvalue weighted by Gasteiger charge is 2.22. The van der Waals surface area contributed by atoms with Gasteiger partial charge in [-0.3, -0.25) is 0 Å². The molecule has 0 atom stereocenters. The fourth-order valence-electron chi connectivity index (χ4n) is 4.47. The highest BCUT2D eigenvalue weighted by atomic mass is 16.5. The Kier molecular flexibility index (Phi) is 4.00. The van der Waals surface area contributed by atoms with E-state index in [1.807, 2.05) is 31.2 Å². The zero-order valence-electron chi connectivity index (χ0n) is 17.1. The van der Waals surface area contributed by atoms with Gasteiger partial charge in [0.25, 0.3) is 0 Å². The molecule has 2 heterocycles. The van der Waals surface area contributed by atoms with Crippen LogP contribution in [0, 0.1) is 6.92 Å². The fourth-order valence-corrected chi connectivity index (χ4v) is 4.47. The van der Waals surface area contributed by atoms with Crippen LogP contribution in [0.3, 0.4) is 0 Å². The molecule has 6 aromatic rings. The molecular weight excluding hydrogens is 380 g/mol. The van der Waals surface area contributed by atoms with E-state index in [1.54, 1.807) is 0 Å². The first kappa shape index (κ1) is 17.7. The lowest BCUT2D eigenvalue weighted by atomic mass is 10.0. The summed E-state index contributed by atoms with van der Waals surface area (Å²) in [5.74, 6) is 0.808. The summed E-state index contributed by atoms with van der Waals surface area (Å²) in [6, 6.07) is 35.9. The number of aromatic nitrogens is 2. The van der Waals surface area contributed by atoms with Gasteiger partial charge in [0.1, 0.15) is 11.5 Å². The summed E-state index contributed by atoms with van der Waals surface area (Å²) in [4.78, 5) is 0. The first-order valence-corrected chi connectivity index (χ1v) is 10.4. The number of benzene rings is 4. The van der Waals surface area contributed by atoms with Crippen LogP contribution in [-0.4, -0.2) is 9.72 Å². The van der Waals surface area contributed by atoms with Gasteiger partial charge in [0.2, 0.25) is 0 Å². The average Bonchev–Trinajstić information content (AvgIpc) is 3.40. The number of aryl methyl sites for hydroxylation is 1. The molecule has 0 fully saturated rings. The number of hydrogen-bond donors (Lipinski definition) is 0. The van der Waals surface area contributed by atoms with Crippen LogP contribution in [0.1, 0.15) is 5.76 Å². The van der Waals surface area contributed by atoms with Crippen molar-refractivity contribution in [1.29, 1.82) is 0 Å². The third-order valence-corrected chi connectivity index (χ3v) is 5.89. The van der Waals surface area contributed by atoms with Crippen LogP contribution in [0.2, 0.25) is 0 Å². The summed E-state index contributed by atoms with van der Waals surface area (Å²) in [7, 11) is 0. The Hall–Kier alpha value is -4.11. The lowest BCUT2D eigenvalue weighted by Gasteiger charge is -2.12. The molecule has 0 radical (unpaired) electrons. The molecule has 0 amide bonds. The molecule has 0 aliphatic rings. The van der Waals surface area contributed by atoms with Crippen LogP contribution in [0.5, 0.6) is 0 Å². The van der Waals surface area contributed by atoms with E-state index < -0.39 is 0 Å². The zero-order chi connectivity index (χ0) is 20.8. The van der Waals surface area contributed by atoms with Crippen molar-refractivity contribution < 1.29 is 4.52 Å². The SMILES string of the molecule is Cc1onc(-c2ccccc2)c1-c1cc2c3ccccc3ccc2n1-c1ccccc1. The first-order valence-electron chi connectivity index (χ1n) is 10.4. The number of para-hydroxylation sites is 1. The number of hydrogen-bond acceptors (Lipinski definition) is 2. The lowest BCUT2D eigenvalue weighted by molar-refractivity contribution is 0.400. The maximum absolute atomic E-state index is 5.72. The van der Waals surface area contributed by atoms with Crippen molar-refractivity contribution in [3.05, 3.63) is 109 Å². The molecule has 0 bridgehead atoms. The summed E-state index contributed by atoms with van der Waals surface area (Å²) in [6.07, 6.45) is 0. The van der Waals surface area contributed by atoms with E-state index in [-0.39, 0.29) is 0 Å². The number of fused-ring (bicyclic) bond motifs is 3. The zero-order valence-corrected chi connectivity index (χ0v) is 17.1. The molecule has 3 heteroatoms. The van der Waals surface area contributed by atoms with E-state index in [0.29, 0.717) is 0 Å². The smallest absolute Gasteiger partial charge is 0.143 e. The second kappa shape index (κ2) is 6.99. The second-order valence-electron chi connectivity index (χ2n) is 7.75. The van der Waals surface area contributed by atoms with Crippen LogP contribution in [0.4, 0.5) is 0 Å². The van der Waals surface area contributed by atoms with Crippen LogP contribution in [0.15, 0.2) is 108 Å². The minimum absolute atomic E-state index is 0.808. The third-order valence-electron chi connectivity index (χ3n) is 5.89. The van der Waals surface area contributed by atoms with Crippen molar-refractivity contribution in [2.45, 2.75) is 6.92 Å². The fraction of sp³-hybridized carbons (Fsp3) is 0.0357. The topological polar surface area (TPSA) is 31.0 Å². The maximum atomic E-state index is 5.72. The van der Waals surface area contributed by atoms with E-state index in [2.05, 4.69) is 88.6 Å². The molecule has 4 aromatic carbocycles. The van der Waals surface area contributed by atoms with Crippen molar-refractivity contribution in [2.24, 2.45) is 0 Å². The second-order valence-corrected chi connectivity index (χ2v) is 7.75. The van der Waals surface area contributed by atoms with Gasteiger partial charge >= 0.3 is 0 Å². The van der Waals surface area contributed by atoms with Crippen molar-refractivity contribution in [3.63, 3.8) is 0 Å². The Morgan fingerprint density at radius 3 is 2.23 bits per heavy atom. The predicted octanol–water partition coefficient (Wildman–Crippen LogP) is 7.41. The monoisotopic (exact) mass is 400 g/mol. The van der Waals surface area contributed by atoms with Crippen molar-refractivity contribution in [3.8, 4) is 28.2 Å². The maximum Gasteiger partial charge on any atom is 0.143 e. The van der Waals surface area contributed by atoms with Gasteiger partial charge in [-0.25, -0.2) is 0 Å². The van der Waals surface area contributed by atoms with Crippen molar-refractivity contribution in [2.75, 3.05) is 0 Å². The van der Waals surface area contributed by atoms with E-state index in [9.17, 15) is 0 Å². The molecule has 0 unspecified atom stereocenters. The van der Waals surface area contributed by atoms with Gasteiger partial charge in [-0.2, -0.15) is 0 Å². The predicted molar refractivity (Wildman–Crippen MR) is 126 cm³/mol. The minimum Gasteiger partial charge on any atom is -0.360 e. The standard InChI is InChI=1S/C28H20N2O/c1-19-27(28(29-31-19)21-11-4-2-5-12-21)26-18-24-23-15-9-8-10-20(23)16-17-25(24)30(26)22-13-6-3-7-14-22/h2-18H,1H3. The summed E-state index contributed by atoms with van der Waals surface area (Å²) in [5.41, 5.74) is 6.29. The van der Waals surface area contributed by atoms with E-state index in [4.69, 9.17) is 4.52 Å². The molecule has 0 aliphatic heterocycles. The summed E-state index contributed by atoms with van der Waals surface area (Å²) < 4.78 is 8.03. The van der Waals surface area contributed by atoms with E-state index in [0.717, 1.165) is 34.0 Å². The average molecular weight is 400 g/mol. The molecule has 148 valence electrons.